The van der Waals surface area contributed by atoms with Gasteiger partial charge in [0.15, 0.2) is 0 Å². The minimum Gasteiger partial charge on any atom is -0.394 e. The first-order valence-corrected chi connectivity index (χ1v) is 10.2. The minimum atomic E-state index is -0.530. The first-order valence-electron chi connectivity index (χ1n) is 10.2. The number of benzene rings is 2. The van der Waals surface area contributed by atoms with E-state index in [9.17, 15) is 19.1 Å². The molecule has 3 atom stereocenters. The van der Waals surface area contributed by atoms with E-state index in [-0.39, 0.29) is 30.3 Å². The summed E-state index contributed by atoms with van der Waals surface area (Å²) in [7, 11) is 0. The summed E-state index contributed by atoms with van der Waals surface area (Å²) in [6, 6.07) is 12.1. The van der Waals surface area contributed by atoms with E-state index in [4.69, 9.17) is 0 Å². The number of nitrogens with one attached hydrogen (secondary N) is 2. The average Bonchev–Trinajstić information content (AvgIpc) is 2.74. The lowest BCUT2D eigenvalue weighted by molar-refractivity contribution is -0.00198. The molecule has 158 valence electrons. The number of hydrogen-bond donors (Lipinski definition) is 3. The van der Waals surface area contributed by atoms with Crippen LogP contribution >= 0.6 is 0 Å². The van der Waals surface area contributed by atoms with Crippen LogP contribution in [0, 0.1) is 5.82 Å². The number of urea groups is 2. The molecular formula is C22H25FN4O3. The quantitative estimate of drug-likeness (QED) is 0.721. The second kappa shape index (κ2) is 8.31. The van der Waals surface area contributed by atoms with Crippen LogP contribution in [0.4, 0.5) is 25.4 Å². The summed E-state index contributed by atoms with van der Waals surface area (Å²) in [5.74, 6) is -0.620. The molecule has 1 saturated heterocycles. The maximum Gasteiger partial charge on any atom is 0.322 e. The van der Waals surface area contributed by atoms with E-state index in [1.54, 1.807) is 17.0 Å². The zero-order valence-electron chi connectivity index (χ0n) is 16.7. The monoisotopic (exact) mass is 412 g/mol. The summed E-state index contributed by atoms with van der Waals surface area (Å²) in [5.41, 5.74) is 1.80. The van der Waals surface area contributed by atoms with Gasteiger partial charge in [0.05, 0.1) is 24.4 Å². The smallest absolute Gasteiger partial charge is 0.322 e. The highest BCUT2D eigenvalue weighted by atomic mass is 19.1. The Kier molecular flexibility index (Phi) is 5.59. The fourth-order valence-corrected chi connectivity index (χ4v) is 4.43. The Morgan fingerprint density at radius 3 is 2.60 bits per heavy atom. The molecule has 3 N–H and O–H groups in total. The number of nitrogens with zero attached hydrogens (tertiary/aromatic N) is 2. The zero-order valence-corrected chi connectivity index (χ0v) is 16.7. The number of fused-ring (bicyclic) bond motifs is 3. The van der Waals surface area contributed by atoms with Gasteiger partial charge in [0.1, 0.15) is 5.82 Å². The Morgan fingerprint density at radius 2 is 1.87 bits per heavy atom. The highest BCUT2D eigenvalue weighted by Crippen LogP contribution is 2.48. The Balaban J connectivity index is 1.61. The molecule has 0 bridgehead atoms. The molecule has 1 fully saturated rings. The van der Waals surface area contributed by atoms with Crippen molar-refractivity contribution in [3.05, 3.63) is 59.9 Å². The molecule has 4 amide bonds. The summed E-state index contributed by atoms with van der Waals surface area (Å²) in [6.45, 7) is 2.62. The lowest BCUT2D eigenvalue weighted by Crippen LogP contribution is -2.71. The van der Waals surface area contributed by atoms with Crippen LogP contribution in [0.25, 0.3) is 0 Å². The number of aliphatic hydroxyl groups is 1. The molecule has 0 saturated carbocycles. The predicted octanol–water partition coefficient (Wildman–Crippen LogP) is 3.13. The standard InChI is InChI=1S/C22H25FN4O3/c1-2-11-24-21(29)26-12-18-20(14-7-3-6-10-17(14)26)19(13-28)27(18)22(30)25-16-9-5-4-8-15(16)23/h3-10,18-20,28H,2,11-13H2,1H3,(H,24,29)(H,25,30)/t18-,19+,20+/m0/s1. The van der Waals surface area contributed by atoms with Gasteiger partial charge < -0.3 is 20.6 Å². The minimum absolute atomic E-state index is 0.0800. The van der Waals surface area contributed by atoms with Crippen LogP contribution in [0.5, 0.6) is 0 Å². The van der Waals surface area contributed by atoms with E-state index in [0.29, 0.717) is 13.1 Å². The topological polar surface area (TPSA) is 84.9 Å². The second-order valence-electron chi connectivity index (χ2n) is 7.56. The van der Waals surface area contributed by atoms with Crippen molar-refractivity contribution in [3.8, 4) is 0 Å². The fourth-order valence-electron chi connectivity index (χ4n) is 4.43. The van der Waals surface area contributed by atoms with Crippen LogP contribution in [-0.2, 0) is 0 Å². The Hall–Kier alpha value is -3.13. The maximum atomic E-state index is 14.0. The van der Waals surface area contributed by atoms with Crippen LogP contribution in [0.15, 0.2) is 48.5 Å². The number of aliphatic hydroxyl groups excluding tert-OH is 1. The number of carbonyl (C=O) groups excluding carboxylic acids is 2. The van der Waals surface area contributed by atoms with Gasteiger partial charge in [-0.25, -0.2) is 14.0 Å². The van der Waals surface area contributed by atoms with Gasteiger partial charge in [-0.1, -0.05) is 37.3 Å². The third-order valence-electron chi connectivity index (χ3n) is 5.81. The predicted molar refractivity (Wildman–Crippen MR) is 112 cm³/mol. The van der Waals surface area contributed by atoms with Crippen molar-refractivity contribution in [2.24, 2.45) is 0 Å². The van der Waals surface area contributed by atoms with Gasteiger partial charge in [0, 0.05) is 24.7 Å². The molecule has 0 spiro atoms. The summed E-state index contributed by atoms with van der Waals surface area (Å²) < 4.78 is 14.0. The molecule has 2 aliphatic heterocycles. The van der Waals surface area contributed by atoms with Crippen LogP contribution in [0.1, 0.15) is 24.8 Å². The van der Waals surface area contributed by atoms with Gasteiger partial charge in [0.25, 0.3) is 0 Å². The van der Waals surface area contributed by atoms with Crippen molar-refractivity contribution in [1.29, 1.82) is 0 Å². The summed E-state index contributed by atoms with van der Waals surface area (Å²) in [4.78, 5) is 28.9. The molecule has 7 nitrogen and oxygen atoms in total. The molecule has 2 aliphatic rings. The molecule has 0 aliphatic carbocycles. The number of likely N-dealkylation sites (tertiary alicyclic amines) is 1. The van der Waals surface area contributed by atoms with E-state index in [2.05, 4.69) is 10.6 Å². The lowest BCUT2D eigenvalue weighted by atomic mass is 9.72. The first kappa shape index (κ1) is 20.2. The number of para-hydroxylation sites is 2. The molecule has 8 heteroatoms. The van der Waals surface area contributed by atoms with E-state index >= 15 is 0 Å². The largest absolute Gasteiger partial charge is 0.394 e. The number of rotatable bonds is 4. The molecule has 0 aromatic heterocycles. The van der Waals surface area contributed by atoms with Crippen molar-refractivity contribution in [2.75, 3.05) is 29.9 Å². The number of hydrogen-bond acceptors (Lipinski definition) is 3. The first-order chi connectivity index (χ1) is 14.6. The van der Waals surface area contributed by atoms with Crippen molar-refractivity contribution < 1.29 is 19.1 Å². The van der Waals surface area contributed by atoms with Gasteiger partial charge >= 0.3 is 12.1 Å². The van der Waals surface area contributed by atoms with Crippen LogP contribution in [0.3, 0.4) is 0 Å². The van der Waals surface area contributed by atoms with E-state index < -0.39 is 17.9 Å². The van der Waals surface area contributed by atoms with E-state index in [1.807, 2.05) is 31.2 Å². The van der Waals surface area contributed by atoms with Crippen molar-refractivity contribution in [2.45, 2.75) is 31.3 Å². The molecule has 2 aromatic carbocycles. The van der Waals surface area contributed by atoms with Crippen LogP contribution < -0.4 is 15.5 Å². The summed E-state index contributed by atoms with van der Waals surface area (Å²) >= 11 is 0. The Bertz CT molecular complexity index is 953. The number of halogens is 1. The molecule has 0 radical (unpaired) electrons. The third-order valence-corrected chi connectivity index (χ3v) is 5.81. The number of carbonyl (C=O) groups is 2. The molecular weight excluding hydrogens is 387 g/mol. The summed E-state index contributed by atoms with van der Waals surface area (Å²) in [6.07, 6.45) is 0.817. The Labute approximate surface area is 174 Å². The molecule has 4 rings (SSSR count). The average molecular weight is 412 g/mol. The maximum absolute atomic E-state index is 14.0. The lowest BCUT2D eigenvalue weighted by Gasteiger charge is -2.58. The van der Waals surface area contributed by atoms with E-state index in [1.165, 1.54) is 17.0 Å². The van der Waals surface area contributed by atoms with Gasteiger partial charge in [-0.15, -0.1) is 0 Å². The molecule has 30 heavy (non-hydrogen) atoms. The van der Waals surface area contributed by atoms with Gasteiger partial charge in [-0.3, -0.25) is 4.90 Å². The Morgan fingerprint density at radius 1 is 1.13 bits per heavy atom. The highest BCUT2D eigenvalue weighted by Gasteiger charge is 2.55. The fraction of sp³-hybridized carbons (Fsp3) is 0.364. The number of amides is 4. The second-order valence-corrected chi connectivity index (χ2v) is 7.56. The molecule has 0 unspecified atom stereocenters. The van der Waals surface area contributed by atoms with Gasteiger partial charge in [-0.2, -0.15) is 0 Å². The van der Waals surface area contributed by atoms with Gasteiger partial charge in [-0.05, 0) is 30.2 Å². The van der Waals surface area contributed by atoms with Crippen molar-refractivity contribution in [1.82, 2.24) is 10.2 Å². The van der Waals surface area contributed by atoms with Crippen LogP contribution in [-0.4, -0.2) is 53.8 Å². The van der Waals surface area contributed by atoms with Crippen molar-refractivity contribution >= 4 is 23.4 Å². The highest BCUT2D eigenvalue weighted by molar-refractivity contribution is 5.95. The van der Waals surface area contributed by atoms with Crippen LogP contribution in [0.2, 0.25) is 0 Å². The number of anilines is 2. The van der Waals surface area contributed by atoms with Crippen molar-refractivity contribution in [3.63, 3.8) is 0 Å². The third kappa shape index (κ3) is 3.37. The normalized spacial score (nSPS) is 21.9. The summed E-state index contributed by atoms with van der Waals surface area (Å²) in [5, 5.41) is 15.5. The van der Waals surface area contributed by atoms with Gasteiger partial charge in [0.2, 0.25) is 0 Å². The molecule has 2 heterocycles. The molecule has 2 aromatic rings. The zero-order chi connectivity index (χ0) is 21.3. The van der Waals surface area contributed by atoms with E-state index in [0.717, 1.165) is 17.7 Å². The SMILES string of the molecule is CCCNC(=O)N1C[C@H]2[C@@H](c3ccccc31)[C@@H](CO)N2C(=O)Nc1ccccc1F.